The molecule has 0 aromatic rings. The van der Waals surface area contributed by atoms with Crippen LogP contribution in [0.5, 0.6) is 0 Å². The van der Waals surface area contributed by atoms with Crippen LogP contribution in [0.1, 0.15) is 33.6 Å². The first-order valence-corrected chi connectivity index (χ1v) is 6.59. The highest BCUT2D eigenvalue weighted by Crippen LogP contribution is 2.30. The molecule has 2 rings (SSSR count). The Morgan fingerprint density at radius 3 is 2.76 bits per heavy atom. The summed E-state index contributed by atoms with van der Waals surface area (Å²) in [5.41, 5.74) is 0. The standard InChI is InChI=1S/C13H22N2O2/c1-4-10-7-17-13(15-10)12(8(2)3)9-5-11(16)14-6-9/h8-10,12H,4-7H2,1-3H3,(H,14,16). The van der Waals surface area contributed by atoms with Crippen LogP contribution in [0.2, 0.25) is 0 Å². The van der Waals surface area contributed by atoms with Crippen LogP contribution in [0.3, 0.4) is 0 Å². The zero-order valence-electron chi connectivity index (χ0n) is 10.9. The normalized spacial score (nSPS) is 30.1. The van der Waals surface area contributed by atoms with Crippen LogP contribution in [-0.2, 0) is 9.53 Å². The van der Waals surface area contributed by atoms with Crippen molar-refractivity contribution in [1.82, 2.24) is 5.32 Å². The fourth-order valence-corrected chi connectivity index (χ4v) is 2.74. The summed E-state index contributed by atoms with van der Waals surface area (Å²) in [6.07, 6.45) is 1.64. The van der Waals surface area contributed by atoms with Crippen LogP contribution in [0, 0.1) is 17.8 Å². The summed E-state index contributed by atoms with van der Waals surface area (Å²) in [6, 6.07) is 0.316. The van der Waals surface area contributed by atoms with Crippen LogP contribution in [0.4, 0.5) is 0 Å². The number of rotatable bonds is 4. The van der Waals surface area contributed by atoms with Crippen molar-refractivity contribution in [2.24, 2.45) is 22.7 Å². The third-order valence-electron chi connectivity index (χ3n) is 3.72. The Morgan fingerprint density at radius 1 is 1.53 bits per heavy atom. The first-order valence-electron chi connectivity index (χ1n) is 6.59. The van der Waals surface area contributed by atoms with Gasteiger partial charge in [-0.15, -0.1) is 0 Å². The van der Waals surface area contributed by atoms with Crippen LogP contribution < -0.4 is 5.32 Å². The smallest absolute Gasteiger partial charge is 0.220 e. The molecule has 0 saturated carbocycles. The van der Waals surface area contributed by atoms with Gasteiger partial charge in [-0.25, -0.2) is 4.99 Å². The van der Waals surface area contributed by atoms with Gasteiger partial charge in [0, 0.05) is 18.9 Å². The molecule has 4 nitrogen and oxygen atoms in total. The van der Waals surface area contributed by atoms with Gasteiger partial charge in [0.2, 0.25) is 5.91 Å². The monoisotopic (exact) mass is 238 g/mol. The number of nitrogens with zero attached hydrogens (tertiary/aromatic N) is 1. The van der Waals surface area contributed by atoms with Crippen molar-refractivity contribution in [3.8, 4) is 0 Å². The van der Waals surface area contributed by atoms with Gasteiger partial charge >= 0.3 is 0 Å². The van der Waals surface area contributed by atoms with Crippen LogP contribution in [0.15, 0.2) is 4.99 Å². The summed E-state index contributed by atoms with van der Waals surface area (Å²) in [4.78, 5) is 16.0. The molecule has 96 valence electrons. The Labute approximate surface area is 103 Å². The highest BCUT2D eigenvalue weighted by molar-refractivity contribution is 5.84. The topological polar surface area (TPSA) is 50.7 Å². The van der Waals surface area contributed by atoms with E-state index >= 15 is 0 Å². The van der Waals surface area contributed by atoms with E-state index in [1.807, 2.05) is 0 Å². The van der Waals surface area contributed by atoms with Gasteiger partial charge in [0.25, 0.3) is 0 Å². The lowest BCUT2D eigenvalue weighted by Crippen LogP contribution is -2.30. The predicted octanol–water partition coefficient (Wildman–Crippen LogP) is 1.60. The minimum absolute atomic E-state index is 0.159. The molecule has 17 heavy (non-hydrogen) atoms. The Kier molecular flexibility index (Phi) is 3.69. The number of carbonyl (C=O) groups is 1. The van der Waals surface area contributed by atoms with Crippen LogP contribution in [-0.4, -0.2) is 31.0 Å². The maximum Gasteiger partial charge on any atom is 0.220 e. The van der Waals surface area contributed by atoms with E-state index in [2.05, 4.69) is 31.1 Å². The number of amides is 1. The lowest BCUT2D eigenvalue weighted by molar-refractivity contribution is -0.119. The van der Waals surface area contributed by atoms with Crippen molar-refractivity contribution < 1.29 is 9.53 Å². The highest BCUT2D eigenvalue weighted by Gasteiger charge is 2.37. The number of aliphatic imine (C=N–C) groups is 1. The molecule has 0 spiro atoms. The van der Waals surface area contributed by atoms with E-state index < -0.39 is 0 Å². The van der Waals surface area contributed by atoms with E-state index in [1.54, 1.807) is 0 Å². The van der Waals surface area contributed by atoms with Gasteiger partial charge in [0.15, 0.2) is 5.90 Å². The molecular formula is C13H22N2O2. The molecule has 2 heterocycles. The Bertz CT molecular complexity index is 325. The van der Waals surface area contributed by atoms with Gasteiger partial charge in [-0.3, -0.25) is 4.79 Å². The fourth-order valence-electron chi connectivity index (χ4n) is 2.74. The van der Waals surface area contributed by atoms with E-state index in [4.69, 9.17) is 4.74 Å². The van der Waals surface area contributed by atoms with E-state index in [0.29, 0.717) is 30.9 Å². The first kappa shape index (κ1) is 12.4. The highest BCUT2D eigenvalue weighted by atomic mass is 16.5. The fraction of sp³-hybridized carbons (Fsp3) is 0.846. The molecule has 2 aliphatic heterocycles. The lowest BCUT2D eigenvalue weighted by atomic mass is 9.82. The SMILES string of the molecule is CCC1COC(C(C(C)C)C2CNC(=O)C2)=N1. The van der Waals surface area contributed by atoms with E-state index in [-0.39, 0.29) is 11.8 Å². The zero-order chi connectivity index (χ0) is 12.4. The minimum Gasteiger partial charge on any atom is -0.478 e. The number of hydrogen-bond acceptors (Lipinski definition) is 3. The van der Waals surface area contributed by atoms with Crippen molar-refractivity contribution in [2.75, 3.05) is 13.2 Å². The molecule has 3 atom stereocenters. The summed E-state index contributed by atoms with van der Waals surface area (Å²) in [5.74, 6) is 2.13. The second-order valence-corrected chi connectivity index (χ2v) is 5.38. The molecule has 0 radical (unpaired) electrons. The summed E-state index contributed by atoms with van der Waals surface area (Å²) >= 11 is 0. The summed E-state index contributed by atoms with van der Waals surface area (Å²) in [5, 5.41) is 2.90. The van der Waals surface area contributed by atoms with Gasteiger partial charge < -0.3 is 10.1 Å². The number of nitrogens with one attached hydrogen (secondary N) is 1. The minimum atomic E-state index is 0.159. The summed E-state index contributed by atoms with van der Waals surface area (Å²) < 4.78 is 5.74. The molecule has 3 unspecified atom stereocenters. The van der Waals surface area contributed by atoms with Crippen molar-refractivity contribution in [3.05, 3.63) is 0 Å². The van der Waals surface area contributed by atoms with E-state index in [1.165, 1.54) is 0 Å². The molecule has 2 aliphatic rings. The quantitative estimate of drug-likeness (QED) is 0.809. The molecule has 0 aromatic heterocycles. The number of ether oxygens (including phenoxy) is 1. The zero-order valence-corrected chi connectivity index (χ0v) is 10.9. The number of carbonyl (C=O) groups excluding carboxylic acids is 1. The van der Waals surface area contributed by atoms with Crippen molar-refractivity contribution in [2.45, 2.75) is 39.7 Å². The molecule has 0 aliphatic carbocycles. The van der Waals surface area contributed by atoms with E-state index in [9.17, 15) is 4.79 Å². The Morgan fingerprint density at radius 2 is 2.29 bits per heavy atom. The largest absolute Gasteiger partial charge is 0.478 e. The van der Waals surface area contributed by atoms with Gasteiger partial charge in [-0.05, 0) is 18.3 Å². The van der Waals surface area contributed by atoms with Gasteiger partial charge in [-0.2, -0.15) is 0 Å². The molecule has 4 heteroatoms. The summed E-state index contributed by atoms with van der Waals surface area (Å²) in [7, 11) is 0. The molecule has 0 aromatic carbocycles. The van der Waals surface area contributed by atoms with Gasteiger partial charge in [0.05, 0.1) is 6.04 Å². The van der Waals surface area contributed by atoms with Crippen molar-refractivity contribution in [1.29, 1.82) is 0 Å². The second kappa shape index (κ2) is 5.07. The average molecular weight is 238 g/mol. The van der Waals surface area contributed by atoms with Gasteiger partial charge in [-0.1, -0.05) is 20.8 Å². The molecule has 1 N–H and O–H groups in total. The van der Waals surface area contributed by atoms with Crippen molar-refractivity contribution in [3.63, 3.8) is 0 Å². The molecule has 1 amide bonds. The maximum absolute atomic E-state index is 11.3. The molecule has 1 saturated heterocycles. The molecule has 1 fully saturated rings. The Hall–Kier alpha value is -1.06. The van der Waals surface area contributed by atoms with Crippen LogP contribution in [0.25, 0.3) is 0 Å². The van der Waals surface area contributed by atoms with Gasteiger partial charge in [0.1, 0.15) is 6.61 Å². The summed E-state index contributed by atoms with van der Waals surface area (Å²) in [6.45, 7) is 7.97. The predicted molar refractivity (Wildman–Crippen MR) is 66.9 cm³/mol. The average Bonchev–Trinajstić information content (AvgIpc) is 2.88. The van der Waals surface area contributed by atoms with E-state index in [0.717, 1.165) is 18.9 Å². The first-order chi connectivity index (χ1) is 8.11. The second-order valence-electron chi connectivity index (χ2n) is 5.38. The molecule has 0 bridgehead atoms. The lowest BCUT2D eigenvalue weighted by Gasteiger charge is -2.25. The Balaban J connectivity index is 2.10. The van der Waals surface area contributed by atoms with Crippen LogP contribution >= 0.6 is 0 Å². The number of hydrogen-bond donors (Lipinski definition) is 1. The third-order valence-corrected chi connectivity index (χ3v) is 3.72. The van der Waals surface area contributed by atoms with Crippen molar-refractivity contribution >= 4 is 11.8 Å². The maximum atomic E-state index is 11.3. The third kappa shape index (κ3) is 2.61. The molecular weight excluding hydrogens is 216 g/mol.